The summed E-state index contributed by atoms with van der Waals surface area (Å²) in [7, 11) is -1.79. The number of nitrogens with two attached hydrogens (primary N) is 1. The third kappa shape index (κ3) is 5.80. The van der Waals surface area contributed by atoms with Gasteiger partial charge in [-0.3, -0.25) is 0 Å². The van der Waals surface area contributed by atoms with Crippen molar-refractivity contribution >= 4 is 33.4 Å². The van der Waals surface area contributed by atoms with Crippen LogP contribution in [-0.2, 0) is 9.92 Å². The minimum atomic E-state index is -3.46. The molecule has 10 heteroatoms. The van der Waals surface area contributed by atoms with Gasteiger partial charge >= 0.3 is 6.03 Å². The fraction of sp³-hybridized carbons (Fsp3) is 0.524. The third-order valence-electron chi connectivity index (χ3n) is 4.80. The highest BCUT2D eigenvalue weighted by molar-refractivity contribution is 8.15. The van der Waals surface area contributed by atoms with Gasteiger partial charge in [0.2, 0.25) is 0 Å². The molecule has 0 bridgehead atoms. The third-order valence-corrected chi connectivity index (χ3v) is 8.67. The highest BCUT2D eigenvalue weighted by Crippen LogP contribution is 2.40. The minimum absolute atomic E-state index is 0.0402. The summed E-state index contributed by atoms with van der Waals surface area (Å²) in [5.41, 5.74) is 1.56. The van der Waals surface area contributed by atoms with Gasteiger partial charge in [-0.15, -0.1) is 4.36 Å². The topological polar surface area (TPSA) is 132 Å². The predicted octanol–water partition coefficient (Wildman–Crippen LogP) is 4.25. The number of hydrogen-bond donors (Lipinski definition) is 3. The predicted molar refractivity (Wildman–Crippen MR) is 127 cm³/mol. The number of carbonyl (C=O) groups is 1. The van der Waals surface area contributed by atoms with E-state index in [0.717, 1.165) is 22.9 Å². The van der Waals surface area contributed by atoms with E-state index in [1.54, 1.807) is 44.1 Å². The number of rotatable bonds is 5. The van der Waals surface area contributed by atoms with Crippen molar-refractivity contribution in [3.05, 3.63) is 39.9 Å². The lowest BCUT2D eigenvalue weighted by atomic mass is 9.90. The molecule has 170 valence electrons. The molecule has 1 aromatic rings. The van der Waals surface area contributed by atoms with Gasteiger partial charge in [-0.1, -0.05) is 39.5 Å². The van der Waals surface area contributed by atoms with E-state index >= 15 is 0 Å². The number of nitriles is 1. The Balaban J connectivity index is 2.41. The highest BCUT2D eigenvalue weighted by atomic mass is 32.3. The maximum Gasteiger partial charge on any atom is 0.354 e. The zero-order valence-electron chi connectivity index (χ0n) is 19.0. The Kier molecular flexibility index (Phi) is 7.48. The molecule has 1 unspecified atom stereocenters. The lowest BCUT2D eigenvalue weighted by molar-refractivity contribution is 0.128. The molecule has 1 heterocycles. The van der Waals surface area contributed by atoms with Crippen LogP contribution in [0.15, 0.2) is 27.6 Å². The molecular weight excluding hydrogens is 434 g/mol. The van der Waals surface area contributed by atoms with Crippen LogP contribution in [0, 0.1) is 11.3 Å². The van der Waals surface area contributed by atoms with Crippen molar-refractivity contribution in [1.82, 2.24) is 4.90 Å². The van der Waals surface area contributed by atoms with Crippen LogP contribution in [0.25, 0.3) is 0 Å². The van der Waals surface area contributed by atoms with Crippen molar-refractivity contribution in [2.75, 3.05) is 12.4 Å². The Morgan fingerprint density at radius 3 is 2.23 bits per heavy atom. The first kappa shape index (κ1) is 25.2. The fourth-order valence-electron chi connectivity index (χ4n) is 3.19. The number of urea groups is 1. The number of thioether (sulfide) groups is 1. The number of anilines is 1. The van der Waals surface area contributed by atoms with Gasteiger partial charge in [0.25, 0.3) is 0 Å². The van der Waals surface area contributed by atoms with Crippen LogP contribution in [0.2, 0.25) is 0 Å². The summed E-state index contributed by atoms with van der Waals surface area (Å²) in [5.74, 6) is 0.0804. The summed E-state index contributed by atoms with van der Waals surface area (Å²) in [6.45, 7) is 11.1. The van der Waals surface area contributed by atoms with Crippen molar-refractivity contribution in [1.29, 1.82) is 5.26 Å². The molecule has 0 saturated heterocycles. The maximum atomic E-state index is 13.1. The van der Waals surface area contributed by atoms with Gasteiger partial charge in [-0.25, -0.2) is 14.1 Å². The summed E-state index contributed by atoms with van der Waals surface area (Å²) in [6, 6.07) is 4.83. The SMILES string of the molecule is CC(C)c1cc(C#N)cc(C(C)C)c1NC(=O)N=[S@@](N)(=O)C1SC(C(C)(C)O)=CN1C. The normalized spacial score (nSPS) is 18.6. The number of carbonyl (C=O) groups excluding carboxylic acids is 1. The van der Waals surface area contributed by atoms with Gasteiger partial charge < -0.3 is 15.3 Å². The van der Waals surface area contributed by atoms with Crippen molar-refractivity contribution in [2.24, 2.45) is 9.50 Å². The quantitative estimate of drug-likeness (QED) is 0.595. The van der Waals surface area contributed by atoms with E-state index in [-0.39, 0.29) is 11.8 Å². The Morgan fingerprint density at radius 1 is 1.32 bits per heavy atom. The van der Waals surface area contributed by atoms with Gasteiger partial charge in [0, 0.05) is 23.8 Å². The molecule has 0 radical (unpaired) electrons. The molecule has 2 atom stereocenters. The molecule has 2 amide bonds. The molecule has 4 N–H and O–H groups in total. The van der Waals surface area contributed by atoms with Crippen molar-refractivity contribution in [3.8, 4) is 6.07 Å². The molecule has 31 heavy (non-hydrogen) atoms. The summed E-state index contributed by atoms with van der Waals surface area (Å²) in [5, 5.41) is 28.3. The molecule has 8 nitrogen and oxygen atoms in total. The second-order valence-corrected chi connectivity index (χ2v) is 12.0. The zero-order valence-corrected chi connectivity index (χ0v) is 20.6. The molecule has 0 saturated carbocycles. The van der Waals surface area contributed by atoms with E-state index < -0.39 is 26.3 Å². The molecule has 1 aromatic carbocycles. The van der Waals surface area contributed by atoms with E-state index in [9.17, 15) is 19.4 Å². The number of hydrogen-bond acceptors (Lipinski definition) is 6. The first-order valence-corrected chi connectivity index (χ1v) is 12.5. The van der Waals surface area contributed by atoms with Crippen molar-refractivity contribution in [3.63, 3.8) is 0 Å². The molecule has 0 aliphatic carbocycles. The monoisotopic (exact) mass is 465 g/mol. The molecule has 0 aromatic heterocycles. The van der Waals surface area contributed by atoms with E-state index in [2.05, 4.69) is 15.7 Å². The zero-order chi connectivity index (χ0) is 23.7. The standard InChI is InChI=1S/C21H31N5O3S2/c1-12(2)15-8-14(10-22)9-16(13(3)4)18(15)24-19(27)25-31(23,29)20-26(7)11-17(30-20)21(5,6)28/h8-9,11-13,20,28H,1-7H3,(H3,23,24,25,27,29)/t20?,31-/m1/s1. The number of nitrogens with one attached hydrogen (secondary N) is 1. The summed E-state index contributed by atoms with van der Waals surface area (Å²) < 4.78 is 16.1. The maximum absolute atomic E-state index is 13.1. The Morgan fingerprint density at radius 2 is 1.84 bits per heavy atom. The van der Waals surface area contributed by atoms with Crippen LogP contribution in [0.4, 0.5) is 10.5 Å². The molecule has 0 spiro atoms. The first-order valence-electron chi connectivity index (χ1n) is 9.93. The minimum Gasteiger partial charge on any atom is -0.385 e. The second-order valence-electron chi connectivity index (χ2n) is 8.73. The summed E-state index contributed by atoms with van der Waals surface area (Å²) in [6.07, 6.45) is 1.66. The molecule has 1 aliphatic heterocycles. The van der Waals surface area contributed by atoms with E-state index in [0.29, 0.717) is 16.2 Å². The number of nitrogens with zero attached hydrogens (tertiary/aromatic N) is 3. The Labute approximate surface area is 189 Å². The smallest absolute Gasteiger partial charge is 0.354 e. The Hall–Kier alpha value is -2.06. The van der Waals surface area contributed by atoms with Crippen LogP contribution in [0.5, 0.6) is 0 Å². The molecule has 0 fully saturated rings. The lowest BCUT2D eigenvalue weighted by Gasteiger charge is -2.22. The number of amides is 2. The van der Waals surface area contributed by atoms with Crippen LogP contribution in [0.1, 0.15) is 70.1 Å². The van der Waals surface area contributed by atoms with Gasteiger partial charge in [0.15, 0.2) is 4.71 Å². The highest BCUT2D eigenvalue weighted by Gasteiger charge is 2.36. The molecule has 2 rings (SSSR count). The van der Waals surface area contributed by atoms with Gasteiger partial charge in [0.1, 0.15) is 9.92 Å². The first-order chi connectivity index (χ1) is 14.2. The average molecular weight is 466 g/mol. The largest absolute Gasteiger partial charge is 0.385 e. The fourth-order valence-corrected chi connectivity index (χ4v) is 6.07. The number of aliphatic hydroxyl groups is 1. The van der Waals surface area contributed by atoms with Crippen LogP contribution < -0.4 is 10.5 Å². The lowest BCUT2D eigenvalue weighted by Crippen LogP contribution is -2.35. The summed E-state index contributed by atoms with van der Waals surface area (Å²) in [4.78, 5) is 15.0. The van der Waals surface area contributed by atoms with E-state index in [1.165, 1.54) is 0 Å². The average Bonchev–Trinajstić information content (AvgIpc) is 3.04. The van der Waals surface area contributed by atoms with Crippen molar-refractivity contribution < 1.29 is 14.1 Å². The van der Waals surface area contributed by atoms with Gasteiger partial charge in [0.05, 0.1) is 17.2 Å². The second kappa shape index (κ2) is 9.20. The van der Waals surface area contributed by atoms with Gasteiger partial charge in [-0.05, 0) is 48.9 Å². The van der Waals surface area contributed by atoms with Crippen LogP contribution in [0.3, 0.4) is 0 Å². The van der Waals surface area contributed by atoms with E-state index in [1.807, 2.05) is 27.7 Å². The van der Waals surface area contributed by atoms with Crippen LogP contribution in [-0.4, -0.2) is 37.6 Å². The van der Waals surface area contributed by atoms with Gasteiger partial charge in [-0.2, -0.15) is 5.26 Å². The number of benzene rings is 1. The molecular formula is C21H31N5O3S2. The van der Waals surface area contributed by atoms with E-state index in [4.69, 9.17) is 5.14 Å². The molecule has 1 aliphatic rings. The van der Waals surface area contributed by atoms with Crippen molar-refractivity contribution in [2.45, 2.75) is 63.7 Å². The summed E-state index contributed by atoms with van der Waals surface area (Å²) >= 11 is 1.13. The Bertz CT molecular complexity index is 1030. The van der Waals surface area contributed by atoms with Crippen LogP contribution >= 0.6 is 11.8 Å².